The number of hydrogen-bond acceptors (Lipinski definition) is 2. The first-order valence-electron chi connectivity index (χ1n) is 2.16. The Kier molecular flexibility index (Phi) is 1.06. The molecular weight excluding hydrogens is 94.0 g/mol. The fourth-order valence-electron chi connectivity index (χ4n) is 0.412. The summed E-state index contributed by atoms with van der Waals surface area (Å²) in [4.78, 5) is 15.0. The van der Waals surface area contributed by atoms with Crippen molar-refractivity contribution < 1.29 is 9.76 Å². The molecule has 0 radical (unpaired) electrons. The van der Waals surface area contributed by atoms with Crippen molar-refractivity contribution in [3.05, 3.63) is 17.2 Å². The maximum Gasteiger partial charge on any atom is 0.252 e. The van der Waals surface area contributed by atoms with Gasteiger partial charge < -0.3 is 0 Å². The minimum absolute atomic E-state index is 0.455. The van der Waals surface area contributed by atoms with Crippen LogP contribution in [0.2, 0.25) is 0 Å². The highest BCUT2D eigenvalue weighted by atomic mass is 16.8. The van der Waals surface area contributed by atoms with Gasteiger partial charge in [-0.15, -0.1) is 0 Å². The van der Waals surface area contributed by atoms with Crippen molar-refractivity contribution in [1.29, 1.82) is 0 Å². The van der Waals surface area contributed by atoms with Crippen LogP contribution in [0.3, 0.4) is 0 Å². The molecule has 0 aromatic rings. The Morgan fingerprint density at radius 3 is 2.86 bits per heavy atom. The van der Waals surface area contributed by atoms with Crippen molar-refractivity contribution >= 4 is 0 Å². The lowest BCUT2D eigenvalue weighted by atomic mass is 10.4. The minimum Gasteiger partial charge on any atom is -0.199 e. The van der Waals surface area contributed by atoms with Crippen LogP contribution in [0.1, 0.15) is 6.42 Å². The quantitative estimate of drug-likeness (QED) is 0.446. The lowest BCUT2D eigenvalue weighted by molar-refractivity contribution is -0.788. The van der Waals surface area contributed by atoms with E-state index in [0.717, 1.165) is 6.42 Å². The molecule has 1 aliphatic heterocycles. The van der Waals surface area contributed by atoms with E-state index in [1.807, 2.05) is 6.08 Å². The summed E-state index contributed by atoms with van der Waals surface area (Å²) in [5.41, 5.74) is 0. The first-order valence-corrected chi connectivity index (χ1v) is 2.16. The zero-order valence-corrected chi connectivity index (χ0v) is 3.83. The Bertz CT molecular complexity index is 108. The average molecular weight is 100 g/mol. The second-order valence-electron chi connectivity index (χ2n) is 1.32. The molecule has 0 bridgehead atoms. The molecule has 0 aliphatic carbocycles. The zero-order valence-electron chi connectivity index (χ0n) is 3.83. The fraction of sp³-hybridized carbons (Fsp3) is 0.500. The van der Waals surface area contributed by atoms with Crippen LogP contribution >= 0.6 is 0 Å². The van der Waals surface area contributed by atoms with Gasteiger partial charge in [-0.05, 0) is 6.08 Å². The molecule has 3 heteroatoms. The van der Waals surface area contributed by atoms with Gasteiger partial charge in [-0.2, -0.15) is 4.84 Å². The van der Waals surface area contributed by atoms with E-state index < -0.39 is 0 Å². The van der Waals surface area contributed by atoms with Gasteiger partial charge in [0.2, 0.25) is 4.92 Å². The molecule has 0 saturated carbocycles. The van der Waals surface area contributed by atoms with Gasteiger partial charge in [0.15, 0.2) is 6.26 Å². The lowest BCUT2D eigenvalue weighted by Gasteiger charge is -1.90. The highest BCUT2D eigenvalue weighted by molar-refractivity contribution is 4.72. The molecule has 0 spiro atoms. The van der Waals surface area contributed by atoms with Crippen LogP contribution in [-0.4, -0.2) is 11.5 Å². The zero-order chi connectivity index (χ0) is 5.11. The van der Waals surface area contributed by atoms with E-state index >= 15 is 0 Å². The summed E-state index contributed by atoms with van der Waals surface area (Å²) < 4.78 is 0. The lowest BCUT2D eigenvalue weighted by Crippen LogP contribution is -2.09. The molecule has 38 valence electrons. The Morgan fingerprint density at radius 1 is 1.71 bits per heavy atom. The molecule has 0 atom stereocenters. The van der Waals surface area contributed by atoms with E-state index in [9.17, 15) is 4.91 Å². The standard InChI is InChI=1S/C4H6NO2/c6-5-3-1-2-4-7-5/h2,4H,1,3H2/q+1. The van der Waals surface area contributed by atoms with E-state index in [0.29, 0.717) is 11.5 Å². The summed E-state index contributed by atoms with van der Waals surface area (Å²) >= 11 is 0. The van der Waals surface area contributed by atoms with Gasteiger partial charge in [0.05, 0.1) is 4.91 Å². The summed E-state index contributed by atoms with van der Waals surface area (Å²) in [5.74, 6) is 0. The topological polar surface area (TPSA) is 29.3 Å². The number of hydrogen-bond donors (Lipinski definition) is 0. The third kappa shape index (κ3) is 0.994. The molecule has 0 unspecified atom stereocenters. The number of nitrogens with zero attached hydrogens (tertiary/aromatic N) is 1. The molecule has 7 heavy (non-hydrogen) atoms. The van der Waals surface area contributed by atoms with Gasteiger partial charge in [-0.25, -0.2) is 0 Å². The second kappa shape index (κ2) is 1.73. The normalized spacial score (nSPS) is 19.1. The number of rotatable bonds is 0. The van der Waals surface area contributed by atoms with Crippen molar-refractivity contribution in [3.8, 4) is 0 Å². The molecule has 0 amide bonds. The van der Waals surface area contributed by atoms with Gasteiger partial charge in [-0.3, -0.25) is 0 Å². The van der Waals surface area contributed by atoms with Gasteiger partial charge in [0, 0.05) is 6.42 Å². The van der Waals surface area contributed by atoms with E-state index in [1.54, 1.807) is 0 Å². The maximum atomic E-state index is 10.1. The van der Waals surface area contributed by atoms with Crippen molar-refractivity contribution in [2.75, 3.05) is 6.54 Å². The molecule has 1 rings (SSSR count). The molecule has 3 nitrogen and oxygen atoms in total. The molecule has 0 saturated heterocycles. The Hall–Kier alpha value is -0.860. The monoisotopic (exact) mass is 100 g/mol. The highest BCUT2D eigenvalue weighted by Gasteiger charge is 2.09. The Balaban J connectivity index is 2.47. The van der Waals surface area contributed by atoms with Crippen molar-refractivity contribution in [2.45, 2.75) is 6.42 Å². The Morgan fingerprint density at radius 2 is 2.57 bits per heavy atom. The van der Waals surface area contributed by atoms with Crippen LogP contribution < -0.4 is 0 Å². The maximum absolute atomic E-state index is 10.1. The van der Waals surface area contributed by atoms with Gasteiger partial charge in [0.25, 0.3) is 6.54 Å². The summed E-state index contributed by atoms with van der Waals surface area (Å²) in [7, 11) is 0. The molecular formula is C4H6NO2+. The van der Waals surface area contributed by atoms with Gasteiger partial charge in [-0.1, -0.05) is 0 Å². The molecule has 0 aromatic heterocycles. The summed E-state index contributed by atoms with van der Waals surface area (Å²) in [6.45, 7) is 0.455. The van der Waals surface area contributed by atoms with Crippen LogP contribution in [0.4, 0.5) is 0 Å². The van der Waals surface area contributed by atoms with Crippen LogP contribution in [0, 0.1) is 4.91 Å². The SMILES string of the molecule is O=[N+]1CCC=CO1. The smallest absolute Gasteiger partial charge is 0.199 e. The minimum atomic E-state index is 0.455. The van der Waals surface area contributed by atoms with Crippen LogP contribution in [-0.2, 0) is 4.84 Å². The van der Waals surface area contributed by atoms with Crippen molar-refractivity contribution in [1.82, 2.24) is 0 Å². The average Bonchev–Trinajstić information content (AvgIpc) is 1.69. The summed E-state index contributed by atoms with van der Waals surface area (Å²) in [6.07, 6.45) is 4.01. The third-order valence-electron chi connectivity index (χ3n) is 0.753. The Labute approximate surface area is 41.1 Å². The predicted octanol–water partition coefficient (Wildman–Crippen LogP) is 0.614. The first kappa shape index (κ1) is 4.30. The van der Waals surface area contributed by atoms with E-state index in [-0.39, 0.29) is 0 Å². The fourth-order valence-corrected chi connectivity index (χ4v) is 0.412. The van der Waals surface area contributed by atoms with Gasteiger partial charge in [0.1, 0.15) is 0 Å². The molecule has 0 aromatic carbocycles. The summed E-state index contributed by atoms with van der Waals surface area (Å²) in [6, 6.07) is 0. The molecule has 0 N–H and O–H groups in total. The van der Waals surface area contributed by atoms with Crippen LogP contribution in [0.15, 0.2) is 12.3 Å². The van der Waals surface area contributed by atoms with Crippen LogP contribution in [0.25, 0.3) is 0 Å². The molecule has 0 fully saturated rings. The highest BCUT2D eigenvalue weighted by Crippen LogP contribution is 1.93. The van der Waals surface area contributed by atoms with Crippen LogP contribution in [0.5, 0.6) is 0 Å². The predicted molar refractivity (Wildman–Crippen MR) is 23.3 cm³/mol. The molecule has 1 aliphatic rings. The first-order chi connectivity index (χ1) is 3.39. The van der Waals surface area contributed by atoms with E-state index in [4.69, 9.17) is 0 Å². The van der Waals surface area contributed by atoms with Gasteiger partial charge >= 0.3 is 0 Å². The van der Waals surface area contributed by atoms with Crippen molar-refractivity contribution in [2.24, 2.45) is 0 Å². The second-order valence-corrected chi connectivity index (χ2v) is 1.32. The molecule has 1 heterocycles. The largest absolute Gasteiger partial charge is 0.252 e. The van der Waals surface area contributed by atoms with E-state index in [2.05, 4.69) is 4.84 Å². The third-order valence-corrected chi connectivity index (χ3v) is 0.753. The van der Waals surface area contributed by atoms with E-state index in [1.165, 1.54) is 6.26 Å². The van der Waals surface area contributed by atoms with Crippen molar-refractivity contribution in [3.63, 3.8) is 0 Å². The summed E-state index contributed by atoms with van der Waals surface area (Å²) in [5, 5.41) is 0.